The number of nitrogens with zero attached hydrogens (tertiary/aromatic N) is 2. The number of hydrogen-bond donors (Lipinski definition) is 2. The van der Waals surface area contributed by atoms with Crippen LogP contribution in [0.3, 0.4) is 0 Å². The highest BCUT2D eigenvalue weighted by Gasteiger charge is 2.37. The summed E-state index contributed by atoms with van der Waals surface area (Å²) < 4.78 is 0. The largest absolute Gasteiger partial charge is 0.353 e. The van der Waals surface area contributed by atoms with E-state index in [1.807, 2.05) is 0 Å². The number of guanidine groups is 1. The maximum absolute atomic E-state index is 4.66. The summed E-state index contributed by atoms with van der Waals surface area (Å²) in [6.45, 7) is 7.74. The fraction of sp³-hybridized carbons (Fsp3) is 0.944. The molecule has 0 aromatic heterocycles. The van der Waals surface area contributed by atoms with E-state index in [9.17, 15) is 0 Å². The Kier molecular flexibility index (Phi) is 7.92. The minimum atomic E-state index is 0. The minimum Gasteiger partial charge on any atom is -0.353 e. The van der Waals surface area contributed by atoms with E-state index in [0.717, 1.165) is 24.5 Å². The molecule has 5 heteroatoms. The van der Waals surface area contributed by atoms with E-state index in [1.165, 1.54) is 64.5 Å². The third-order valence-electron chi connectivity index (χ3n) is 5.62. The summed E-state index contributed by atoms with van der Waals surface area (Å²) in [5, 5.41) is 7.36. The summed E-state index contributed by atoms with van der Waals surface area (Å²) in [6.07, 6.45) is 11.0. The van der Waals surface area contributed by atoms with E-state index in [-0.39, 0.29) is 24.0 Å². The van der Waals surface area contributed by atoms with E-state index < -0.39 is 0 Å². The normalized spacial score (nSPS) is 31.9. The van der Waals surface area contributed by atoms with Gasteiger partial charge in [-0.1, -0.05) is 26.2 Å². The molecule has 2 N–H and O–H groups in total. The van der Waals surface area contributed by atoms with Gasteiger partial charge < -0.3 is 10.6 Å². The molecule has 23 heavy (non-hydrogen) atoms. The Morgan fingerprint density at radius 2 is 1.91 bits per heavy atom. The molecule has 134 valence electrons. The van der Waals surface area contributed by atoms with Crippen LogP contribution in [0.1, 0.15) is 65.2 Å². The Balaban J connectivity index is 0.00000192. The lowest BCUT2D eigenvalue weighted by molar-refractivity contribution is 0.242. The molecular weight excluding hydrogens is 399 g/mol. The Hall–Kier alpha value is -0.0400. The van der Waals surface area contributed by atoms with E-state index >= 15 is 0 Å². The summed E-state index contributed by atoms with van der Waals surface area (Å²) in [6, 6.07) is 2.12. The van der Waals surface area contributed by atoms with Crippen molar-refractivity contribution in [2.75, 3.05) is 19.6 Å². The molecule has 1 aliphatic heterocycles. The van der Waals surface area contributed by atoms with Crippen molar-refractivity contribution in [1.29, 1.82) is 0 Å². The molecule has 0 aromatic rings. The Bertz CT molecular complexity index is 381. The third kappa shape index (κ3) is 5.48. The predicted molar refractivity (Wildman–Crippen MR) is 109 cm³/mol. The Morgan fingerprint density at radius 3 is 2.61 bits per heavy atom. The monoisotopic (exact) mass is 434 g/mol. The molecule has 0 aromatic carbocycles. The van der Waals surface area contributed by atoms with Gasteiger partial charge in [0.15, 0.2) is 5.96 Å². The second kappa shape index (κ2) is 9.44. The molecule has 3 atom stereocenters. The average Bonchev–Trinajstić information content (AvgIpc) is 2.95. The zero-order chi connectivity index (χ0) is 15.4. The minimum absolute atomic E-state index is 0. The molecule has 3 aliphatic rings. The molecule has 3 rings (SSSR count). The van der Waals surface area contributed by atoms with Crippen LogP contribution in [0.5, 0.6) is 0 Å². The van der Waals surface area contributed by atoms with Crippen LogP contribution in [0.25, 0.3) is 0 Å². The summed E-state index contributed by atoms with van der Waals surface area (Å²) in [4.78, 5) is 7.37. The van der Waals surface area contributed by atoms with Gasteiger partial charge in [0.2, 0.25) is 0 Å². The predicted octanol–water partition coefficient (Wildman–Crippen LogP) is 3.37. The second-order valence-electron chi connectivity index (χ2n) is 7.42. The van der Waals surface area contributed by atoms with Gasteiger partial charge in [-0.25, -0.2) is 0 Å². The zero-order valence-corrected chi connectivity index (χ0v) is 17.2. The molecule has 3 unspecified atom stereocenters. The smallest absolute Gasteiger partial charge is 0.191 e. The first-order valence-corrected chi connectivity index (χ1v) is 9.61. The van der Waals surface area contributed by atoms with E-state index in [0.29, 0.717) is 12.1 Å². The van der Waals surface area contributed by atoms with Gasteiger partial charge in [0.05, 0.1) is 0 Å². The van der Waals surface area contributed by atoms with E-state index in [2.05, 4.69) is 34.4 Å². The first-order chi connectivity index (χ1) is 10.8. The lowest BCUT2D eigenvalue weighted by Crippen LogP contribution is -2.46. The topological polar surface area (TPSA) is 39.7 Å². The standard InChI is InChI=1S/C18H34N4.HI/c1-3-7-14-12-17(14)21-18(19-4-2)20-15-10-11-22(13-15)16-8-5-6-9-16;/h14-17H,3-13H2,1-2H3,(H2,19,20,21);1H. The quantitative estimate of drug-likeness (QED) is 0.383. The Morgan fingerprint density at radius 1 is 1.13 bits per heavy atom. The average molecular weight is 434 g/mol. The maximum Gasteiger partial charge on any atom is 0.191 e. The van der Waals surface area contributed by atoms with Gasteiger partial charge in [0, 0.05) is 37.8 Å². The van der Waals surface area contributed by atoms with Crippen molar-refractivity contribution < 1.29 is 0 Å². The van der Waals surface area contributed by atoms with Gasteiger partial charge in [-0.15, -0.1) is 24.0 Å². The fourth-order valence-electron chi connectivity index (χ4n) is 4.28. The summed E-state index contributed by atoms with van der Waals surface area (Å²) in [5.74, 6) is 1.94. The molecule has 1 saturated heterocycles. The lowest BCUT2D eigenvalue weighted by Gasteiger charge is -2.24. The third-order valence-corrected chi connectivity index (χ3v) is 5.62. The summed E-state index contributed by atoms with van der Waals surface area (Å²) in [5.41, 5.74) is 0. The Labute approximate surface area is 159 Å². The highest BCUT2D eigenvalue weighted by Crippen LogP contribution is 2.34. The van der Waals surface area contributed by atoms with Crippen molar-refractivity contribution in [1.82, 2.24) is 15.5 Å². The highest BCUT2D eigenvalue weighted by atomic mass is 127. The molecule has 0 amide bonds. The maximum atomic E-state index is 4.66. The molecule has 2 saturated carbocycles. The van der Waals surface area contributed by atoms with Crippen LogP contribution in [0.2, 0.25) is 0 Å². The van der Waals surface area contributed by atoms with Crippen LogP contribution < -0.4 is 10.6 Å². The molecule has 0 spiro atoms. The molecule has 4 nitrogen and oxygen atoms in total. The number of nitrogens with one attached hydrogen (secondary N) is 2. The van der Waals surface area contributed by atoms with Gasteiger partial charge in [-0.05, 0) is 44.9 Å². The van der Waals surface area contributed by atoms with E-state index in [4.69, 9.17) is 0 Å². The second-order valence-corrected chi connectivity index (χ2v) is 7.42. The van der Waals surface area contributed by atoms with Crippen LogP contribution in [-0.4, -0.2) is 48.6 Å². The highest BCUT2D eigenvalue weighted by molar-refractivity contribution is 14.0. The number of likely N-dealkylation sites (tertiary alicyclic amines) is 1. The van der Waals surface area contributed by atoms with E-state index in [1.54, 1.807) is 0 Å². The molecular formula is C18H35IN4. The molecule has 0 bridgehead atoms. The lowest BCUT2D eigenvalue weighted by atomic mass is 10.2. The van der Waals surface area contributed by atoms with Gasteiger partial charge in [-0.3, -0.25) is 9.89 Å². The van der Waals surface area contributed by atoms with Gasteiger partial charge in [0.25, 0.3) is 0 Å². The first-order valence-electron chi connectivity index (χ1n) is 9.61. The zero-order valence-electron chi connectivity index (χ0n) is 14.9. The molecule has 3 fully saturated rings. The van der Waals surface area contributed by atoms with Gasteiger partial charge in [-0.2, -0.15) is 0 Å². The van der Waals surface area contributed by atoms with Crippen molar-refractivity contribution >= 4 is 29.9 Å². The van der Waals surface area contributed by atoms with Crippen molar-refractivity contribution in [2.45, 2.75) is 83.3 Å². The number of aliphatic imine (C=N–C) groups is 1. The van der Waals surface area contributed by atoms with Crippen molar-refractivity contribution in [3.8, 4) is 0 Å². The van der Waals surface area contributed by atoms with Crippen LogP contribution in [0.15, 0.2) is 4.99 Å². The summed E-state index contributed by atoms with van der Waals surface area (Å²) in [7, 11) is 0. The van der Waals surface area contributed by atoms with Crippen LogP contribution in [-0.2, 0) is 0 Å². The first kappa shape index (κ1) is 19.3. The molecule has 1 heterocycles. The van der Waals surface area contributed by atoms with Gasteiger partial charge >= 0.3 is 0 Å². The SMILES string of the molecule is CCCC1CC1NC(=NCC)NC1CCN(C2CCCC2)C1.I. The fourth-order valence-corrected chi connectivity index (χ4v) is 4.28. The van der Waals surface area contributed by atoms with Crippen molar-refractivity contribution in [3.05, 3.63) is 0 Å². The van der Waals surface area contributed by atoms with Crippen molar-refractivity contribution in [3.63, 3.8) is 0 Å². The number of hydrogen-bond acceptors (Lipinski definition) is 2. The van der Waals surface area contributed by atoms with Crippen LogP contribution in [0, 0.1) is 5.92 Å². The summed E-state index contributed by atoms with van der Waals surface area (Å²) >= 11 is 0. The molecule has 0 radical (unpaired) electrons. The van der Waals surface area contributed by atoms with Crippen LogP contribution in [0.4, 0.5) is 0 Å². The number of halogens is 1. The van der Waals surface area contributed by atoms with Crippen molar-refractivity contribution in [2.24, 2.45) is 10.9 Å². The van der Waals surface area contributed by atoms with Gasteiger partial charge in [0.1, 0.15) is 0 Å². The van der Waals surface area contributed by atoms with Crippen LogP contribution >= 0.6 is 24.0 Å². The molecule has 2 aliphatic carbocycles. The number of rotatable bonds is 6.